The number of hydrogen-bond acceptors (Lipinski definition) is 2. The molecule has 0 aliphatic heterocycles. The molecule has 1 radical (unpaired) electrons. The Balaban J connectivity index is 2.52. The minimum Gasteiger partial charge on any atom is -0.301 e. The topological polar surface area (TPSA) is 57.9 Å². The zero-order valence-electron chi connectivity index (χ0n) is 8.42. The normalized spacial score (nSPS) is 11.2. The molecule has 0 spiro atoms. The van der Waals surface area contributed by atoms with Crippen LogP contribution in [0.3, 0.4) is 0 Å². The second kappa shape index (κ2) is 3.98. The van der Waals surface area contributed by atoms with Gasteiger partial charge in [0.15, 0.2) is 0 Å². The Labute approximate surface area is 94.5 Å². The van der Waals surface area contributed by atoms with Gasteiger partial charge in [0.25, 0.3) is 0 Å². The lowest BCUT2D eigenvalue weighted by Gasteiger charge is -2.04. The van der Waals surface area contributed by atoms with E-state index in [0.717, 1.165) is 0 Å². The fraction of sp³-hybridized carbons (Fsp3) is 0. The van der Waals surface area contributed by atoms with Gasteiger partial charge in [-0.2, -0.15) is 0 Å². The highest BCUT2D eigenvalue weighted by Gasteiger charge is 2.16. The third-order valence-corrected chi connectivity index (χ3v) is 4.00. The molecule has 0 aliphatic rings. The van der Waals surface area contributed by atoms with Gasteiger partial charge in [-0.1, -0.05) is 18.2 Å². The van der Waals surface area contributed by atoms with Gasteiger partial charge in [0.2, 0.25) is 9.84 Å². The molecule has 2 aromatic rings. The van der Waals surface area contributed by atoms with Gasteiger partial charge in [-0.15, -0.1) is 0 Å². The molecule has 0 aliphatic carbocycles. The van der Waals surface area contributed by atoms with Crippen molar-refractivity contribution < 1.29 is 8.42 Å². The molecule has 0 aromatic heterocycles. The van der Waals surface area contributed by atoms with Crippen molar-refractivity contribution in [2.75, 3.05) is 0 Å². The first-order valence-electron chi connectivity index (χ1n) is 4.72. The lowest BCUT2D eigenvalue weighted by Crippen LogP contribution is -2.01. The lowest BCUT2D eigenvalue weighted by molar-refractivity contribution is 0.596. The SMILES string of the molecule is [NH]c1ccc(S(=O)(=O)c2ccccc2)cc1. The van der Waals surface area contributed by atoms with Crippen molar-refractivity contribution in [3.63, 3.8) is 0 Å². The summed E-state index contributed by atoms with van der Waals surface area (Å²) in [6.45, 7) is 0. The van der Waals surface area contributed by atoms with E-state index in [2.05, 4.69) is 0 Å². The van der Waals surface area contributed by atoms with Gasteiger partial charge < -0.3 is 5.73 Å². The number of nitrogens with one attached hydrogen (secondary N) is 1. The molecule has 0 atom stereocenters. The maximum atomic E-state index is 12.1. The van der Waals surface area contributed by atoms with Crippen molar-refractivity contribution in [1.82, 2.24) is 5.73 Å². The molecule has 0 unspecified atom stereocenters. The Morgan fingerprint density at radius 3 is 1.81 bits per heavy atom. The summed E-state index contributed by atoms with van der Waals surface area (Å²) >= 11 is 0. The molecule has 0 bridgehead atoms. The van der Waals surface area contributed by atoms with Crippen molar-refractivity contribution in [1.29, 1.82) is 0 Å². The predicted octanol–water partition coefficient (Wildman–Crippen LogP) is 2.43. The van der Waals surface area contributed by atoms with E-state index >= 15 is 0 Å². The van der Waals surface area contributed by atoms with E-state index in [1.54, 1.807) is 30.3 Å². The minimum absolute atomic E-state index is 0.217. The summed E-state index contributed by atoms with van der Waals surface area (Å²) < 4.78 is 24.2. The Morgan fingerprint density at radius 2 is 1.25 bits per heavy atom. The summed E-state index contributed by atoms with van der Waals surface area (Å²) in [5.41, 5.74) is 7.60. The molecule has 2 rings (SSSR count). The van der Waals surface area contributed by atoms with Crippen LogP contribution in [0, 0.1) is 0 Å². The average molecular weight is 232 g/mol. The Kier molecular flexibility index (Phi) is 2.66. The van der Waals surface area contributed by atoms with Crippen LogP contribution in [0.5, 0.6) is 0 Å². The highest BCUT2D eigenvalue weighted by atomic mass is 32.2. The summed E-state index contributed by atoms with van der Waals surface area (Å²) in [4.78, 5) is 0.488. The molecule has 2 aromatic carbocycles. The van der Waals surface area contributed by atoms with Gasteiger partial charge in [-0.3, -0.25) is 0 Å². The number of hydrogen-bond donors (Lipinski definition) is 0. The minimum atomic E-state index is -3.44. The highest BCUT2D eigenvalue weighted by Crippen LogP contribution is 2.21. The lowest BCUT2D eigenvalue weighted by atomic mass is 10.3. The maximum Gasteiger partial charge on any atom is 0.206 e. The molecule has 81 valence electrons. The Hall–Kier alpha value is -1.81. The van der Waals surface area contributed by atoms with Gasteiger partial charge in [0, 0.05) is 0 Å². The maximum absolute atomic E-state index is 12.1. The van der Waals surface area contributed by atoms with Crippen molar-refractivity contribution >= 4 is 15.5 Å². The van der Waals surface area contributed by atoms with Crippen LogP contribution in [0.2, 0.25) is 0 Å². The van der Waals surface area contributed by atoms with E-state index in [-0.39, 0.29) is 9.79 Å². The largest absolute Gasteiger partial charge is 0.301 e. The van der Waals surface area contributed by atoms with Gasteiger partial charge in [-0.05, 0) is 36.4 Å². The third kappa shape index (κ3) is 1.92. The number of rotatable bonds is 2. The fourth-order valence-corrected chi connectivity index (χ4v) is 2.65. The van der Waals surface area contributed by atoms with Crippen LogP contribution in [0.4, 0.5) is 5.69 Å². The molecule has 0 saturated carbocycles. The van der Waals surface area contributed by atoms with Crippen molar-refractivity contribution in [3.8, 4) is 0 Å². The van der Waals surface area contributed by atoms with Crippen LogP contribution < -0.4 is 5.73 Å². The third-order valence-electron chi connectivity index (χ3n) is 2.22. The summed E-state index contributed by atoms with van der Waals surface area (Å²) in [5.74, 6) is 0. The highest BCUT2D eigenvalue weighted by molar-refractivity contribution is 7.91. The zero-order chi connectivity index (χ0) is 11.6. The average Bonchev–Trinajstić information content (AvgIpc) is 2.31. The van der Waals surface area contributed by atoms with Crippen LogP contribution in [-0.4, -0.2) is 8.42 Å². The van der Waals surface area contributed by atoms with Crippen LogP contribution in [0.15, 0.2) is 64.4 Å². The summed E-state index contributed by atoms with van der Waals surface area (Å²) in [5, 5.41) is 0. The van der Waals surface area contributed by atoms with Gasteiger partial charge >= 0.3 is 0 Å². The summed E-state index contributed by atoms with van der Waals surface area (Å²) in [6, 6.07) is 14.1. The predicted molar refractivity (Wildman–Crippen MR) is 61.1 cm³/mol. The van der Waals surface area contributed by atoms with Crippen molar-refractivity contribution in [2.45, 2.75) is 9.79 Å². The first kappa shape index (κ1) is 10.7. The van der Waals surface area contributed by atoms with Crippen LogP contribution >= 0.6 is 0 Å². The van der Waals surface area contributed by atoms with E-state index in [0.29, 0.717) is 5.69 Å². The van der Waals surface area contributed by atoms with Crippen molar-refractivity contribution in [2.24, 2.45) is 0 Å². The van der Waals surface area contributed by atoms with Gasteiger partial charge in [-0.25, -0.2) is 8.42 Å². The molecule has 4 heteroatoms. The second-order valence-electron chi connectivity index (χ2n) is 3.34. The van der Waals surface area contributed by atoms with Crippen LogP contribution in [-0.2, 0) is 9.84 Å². The number of sulfone groups is 1. The zero-order valence-corrected chi connectivity index (χ0v) is 9.24. The molecular weight excluding hydrogens is 222 g/mol. The standard InChI is InChI=1S/C12H10NO2S/c13-10-6-8-12(9-7-10)16(14,15)11-4-2-1-3-5-11/h1-9,13H. The summed E-state index contributed by atoms with van der Waals surface area (Å²) in [6.07, 6.45) is 0. The van der Waals surface area contributed by atoms with E-state index in [4.69, 9.17) is 5.73 Å². The fourth-order valence-electron chi connectivity index (χ4n) is 1.37. The second-order valence-corrected chi connectivity index (χ2v) is 5.29. The quantitative estimate of drug-likeness (QED) is 0.798. The molecule has 3 nitrogen and oxygen atoms in total. The van der Waals surface area contributed by atoms with E-state index in [1.807, 2.05) is 0 Å². The summed E-state index contributed by atoms with van der Waals surface area (Å²) in [7, 11) is -3.44. The van der Waals surface area contributed by atoms with E-state index in [9.17, 15) is 8.42 Å². The molecule has 0 amide bonds. The molecule has 1 N–H and O–H groups in total. The van der Waals surface area contributed by atoms with Crippen LogP contribution in [0.1, 0.15) is 0 Å². The number of benzene rings is 2. The smallest absolute Gasteiger partial charge is 0.206 e. The first-order valence-corrected chi connectivity index (χ1v) is 6.21. The first-order chi connectivity index (χ1) is 7.60. The molecule has 16 heavy (non-hydrogen) atoms. The van der Waals surface area contributed by atoms with Crippen molar-refractivity contribution in [3.05, 3.63) is 54.6 Å². The molecule has 0 fully saturated rings. The van der Waals surface area contributed by atoms with E-state index in [1.165, 1.54) is 24.3 Å². The Morgan fingerprint density at radius 1 is 0.750 bits per heavy atom. The molecule has 0 heterocycles. The van der Waals surface area contributed by atoms with E-state index < -0.39 is 9.84 Å². The van der Waals surface area contributed by atoms with Gasteiger partial charge in [0.1, 0.15) is 0 Å². The molecular formula is C12H10NO2S. The molecule has 0 saturated heterocycles. The van der Waals surface area contributed by atoms with Gasteiger partial charge in [0.05, 0.1) is 15.5 Å². The van der Waals surface area contributed by atoms with Crippen LogP contribution in [0.25, 0.3) is 0 Å². The monoisotopic (exact) mass is 232 g/mol. The Bertz CT molecular complexity index is 574.